The van der Waals surface area contributed by atoms with E-state index < -0.39 is 28.0 Å². The fourth-order valence-corrected chi connectivity index (χ4v) is 4.59. The zero-order valence-corrected chi connectivity index (χ0v) is 11.8. The third kappa shape index (κ3) is 3.25. The lowest BCUT2D eigenvalue weighted by Gasteiger charge is -2.39. The molecule has 0 aromatic rings. The van der Waals surface area contributed by atoms with E-state index in [1.54, 1.807) is 0 Å². The van der Waals surface area contributed by atoms with Crippen LogP contribution in [0.5, 0.6) is 0 Å². The van der Waals surface area contributed by atoms with Gasteiger partial charge < -0.3 is 15.7 Å². The number of piperazine rings is 1. The number of amides is 1. The molecule has 0 radical (unpaired) electrons. The molecule has 0 aliphatic carbocycles. The first kappa shape index (κ1) is 14.7. The highest BCUT2D eigenvalue weighted by atomic mass is 32.2. The minimum atomic E-state index is -3.20. The van der Waals surface area contributed by atoms with Crippen molar-refractivity contribution in [2.45, 2.75) is 25.1 Å². The number of nitrogens with one attached hydrogen (secondary N) is 2. The molecule has 8 heteroatoms. The van der Waals surface area contributed by atoms with Crippen molar-refractivity contribution in [3.8, 4) is 0 Å². The van der Waals surface area contributed by atoms with Crippen molar-refractivity contribution in [3.63, 3.8) is 0 Å². The second kappa shape index (κ2) is 5.74. The Morgan fingerprint density at radius 1 is 1.47 bits per heavy atom. The van der Waals surface area contributed by atoms with E-state index in [2.05, 4.69) is 10.6 Å². The van der Waals surface area contributed by atoms with Gasteiger partial charge in [0.15, 0.2) is 9.84 Å². The largest absolute Gasteiger partial charge is 0.390 e. The first-order chi connectivity index (χ1) is 8.94. The Bertz CT molecular complexity index is 439. The number of nitrogens with zero attached hydrogens (tertiary/aromatic N) is 1. The SMILES string of the molecule is CCNC(=O)C1CNCCN1C1CS(=O)(=O)CC1O. The zero-order valence-electron chi connectivity index (χ0n) is 11.0. The minimum Gasteiger partial charge on any atom is -0.390 e. The lowest BCUT2D eigenvalue weighted by molar-refractivity contribution is -0.128. The van der Waals surface area contributed by atoms with Gasteiger partial charge in [0.1, 0.15) is 6.04 Å². The third-order valence-electron chi connectivity index (χ3n) is 3.66. The van der Waals surface area contributed by atoms with Crippen LogP contribution in [0.25, 0.3) is 0 Å². The molecule has 1 amide bonds. The Labute approximate surface area is 113 Å². The number of hydrogen-bond donors (Lipinski definition) is 3. The summed E-state index contributed by atoms with van der Waals surface area (Å²) in [7, 11) is -3.20. The maximum atomic E-state index is 12.0. The van der Waals surface area contributed by atoms with Gasteiger partial charge in [-0.15, -0.1) is 0 Å². The summed E-state index contributed by atoms with van der Waals surface area (Å²) in [6.45, 7) is 4.12. The molecule has 3 N–H and O–H groups in total. The number of rotatable bonds is 3. The summed E-state index contributed by atoms with van der Waals surface area (Å²) in [6.07, 6.45) is -0.903. The number of carbonyl (C=O) groups excluding carboxylic acids is 1. The minimum absolute atomic E-state index is 0.0654. The van der Waals surface area contributed by atoms with Gasteiger partial charge in [0.2, 0.25) is 5.91 Å². The van der Waals surface area contributed by atoms with Crippen LogP contribution in [-0.2, 0) is 14.6 Å². The number of hydrogen-bond acceptors (Lipinski definition) is 6. The Morgan fingerprint density at radius 2 is 2.21 bits per heavy atom. The molecule has 2 rings (SSSR count). The molecular formula is C11H21N3O4S. The normalized spacial score (nSPS) is 35.2. The van der Waals surface area contributed by atoms with Crippen LogP contribution in [0, 0.1) is 0 Å². The zero-order chi connectivity index (χ0) is 14.0. The summed E-state index contributed by atoms with van der Waals surface area (Å²) >= 11 is 0. The molecule has 2 saturated heterocycles. The molecule has 110 valence electrons. The van der Waals surface area contributed by atoms with Crippen LogP contribution in [0.2, 0.25) is 0 Å². The molecule has 2 aliphatic rings. The second-order valence-corrected chi connectivity index (χ2v) is 7.22. The maximum Gasteiger partial charge on any atom is 0.238 e. The molecule has 0 spiro atoms. The van der Waals surface area contributed by atoms with Crippen LogP contribution in [0.4, 0.5) is 0 Å². The van der Waals surface area contributed by atoms with Crippen molar-refractivity contribution in [2.75, 3.05) is 37.7 Å². The summed E-state index contributed by atoms with van der Waals surface area (Å²) in [4.78, 5) is 13.8. The lowest BCUT2D eigenvalue weighted by atomic mass is 10.1. The van der Waals surface area contributed by atoms with Crippen molar-refractivity contribution >= 4 is 15.7 Å². The van der Waals surface area contributed by atoms with Crippen LogP contribution >= 0.6 is 0 Å². The van der Waals surface area contributed by atoms with E-state index in [-0.39, 0.29) is 17.4 Å². The Hall–Kier alpha value is -0.700. The average Bonchev–Trinajstić information content (AvgIpc) is 2.63. The molecule has 0 bridgehead atoms. The van der Waals surface area contributed by atoms with Gasteiger partial charge in [-0.05, 0) is 6.92 Å². The monoisotopic (exact) mass is 291 g/mol. The number of aliphatic hydroxyl groups is 1. The van der Waals surface area contributed by atoms with Crippen molar-refractivity contribution in [1.82, 2.24) is 15.5 Å². The third-order valence-corrected chi connectivity index (χ3v) is 5.36. The van der Waals surface area contributed by atoms with Crippen LogP contribution < -0.4 is 10.6 Å². The first-order valence-corrected chi connectivity index (χ1v) is 8.39. The van der Waals surface area contributed by atoms with Crippen molar-refractivity contribution in [1.29, 1.82) is 0 Å². The molecule has 0 aromatic heterocycles. The molecule has 0 saturated carbocycles. The summed E-state index contributed by atoms with van der Waals surface area (Å²) in [5.41, 5.74) is 0. The van der Waals surface area contributed by atoms with Gasteiger partial charge in [0.05, 0.1) is 23.7 Å². The Balaban J connectivity index is 2.13. The molecule has 2 heterocycles. The van der Waals surface area contributed by atoms with Gasteiger partial charge in [-0.2, -0.15) is 0 Å². The Kier molecular flexibility index (Phi) is 4.44. The van der Waals surface area contributed by atoms with E-state index in [0.717, 1.165) is 0 Å². The molecule has 3 atom stereocenters. The highest BCUT2D eigenvalue weighted by molar-refractivity contribution is 7.91. The number of aliphatic hydroxyl groups excluding tert-OH is 1. The first-order valence-electron chi connectivity index (χ1n) is 6.57. The molecular weight excluding hydrogens is 270 g/mol. The lowest BCUT2D eigenvalue weighted by Crippen LogP contribution is -2.62. The van der Waals surface area contributed by atoms with Gasteiger partial charge in [-0.1, -0.05) is 0 Å². The fraction of sp³-hybridized carbons (Fsp3) is 0.909. The van der Waals surface area contributed by atoms with Crippen LogP contribution in [0.3, 0.4) is 0 Å². The van der Waals surface area contributed by atoms with E-state index in [0.29, 0.717) is 26.2 Å². The van der Waals surface area contributed by atoms with Crippen molar-refractivity contribution < 1.29 is 18.3 Å². The molecule has 2 aliphatic heterocycles. The predicted molar refractivity (Wildman–Crippen MR) is 70.5 cm³/mol. The molecule has 0 aromatic carbocycles. The highest BCUT2D eigenvalue weighted by Crippen LogP contribution is 2.21. The molecule has 19 heavy (non-hydrogen) atoms. The van der Waals surface area contributed by atoms with Gasteiger partial charge in [-0.3, -0.25) is 9.69 Å². The summed E-state index contributed by atoms with van der Waals surface area (Å²) < 4.78 is 23.2. The fourth-order valence-electron chi connectivity index (χ4n) is 2.78. The summed E-state index contributed by atoms with van der Waals surface area (Å²) in [5, 5.41) is 15.8. The quantitative estimate of drug-likeness (QED) is 0.534. The summed E-state index contributed by atoms with van der Waals surface area (Å²) in [6, 6.07) is -0.888. The highest BCUT2D eigenvalue weighted by Gasteiger charge is 2.44. The smallest absolute Gasteiger partial charge is 0.238 e. The number of sulfone groups is 1. The van der Waals surface area contributed by atoms with E-state index in [4.69, 9.17) is 0 Å². The molecule has 3 unspecified atom stereocenters. The topological polar surface area (TPSA) is 98.7 Å². The standard InChI is InChI=1S/C11H21N3O4S/c1-2-13-11(16)8-5-12-3-4-14(8)9-6-19(17,18)7-10(9)15/h8-10,12,15H,2-7H2,1H3,(H,13,16). The van der Waals surface area contributed by atoms with Gasteiger partial charge in [-0.25, -0.2) is 8.42 Å². The van der Waals surface area contributed by atoms with Gasteiger partial charge in [0.25, 0.3) is 0 Å². The van der Waals surface area contributed by atoms with Crippen LogP contribution in [-0.4, -0.2) is 80.2 Å². The van der Waals surface area contributed by atoms with Crippen LogP contribution in [0.15, 0.2) is 0 Å². The van der Waals surface area contributed by atoms with E-state index in [1.807, 2.05) is 11.8 Å². The van der Waals surface area contributed by atoms with Gasteiger partial charge >= 0.3 is 0 Å². The van der Waals surface area contributed by atoms with Crippen LogP contribution in [0.1, 0.15) is 6.92 Å². The maximum absolute atomic E-state index is 12.0. The molecule has 2 fully saturated rings. The summed E-state index contributed by atoms with van der Waals surface area (Å²) in [5.74, 6) is -0.389. The van der Waals surface area contributed by atoms with Gasteiger partial charge in [0, 0.05) is 26.2 Å². The van der Waals surface area contributed by atoms with E-state index in [9.17, 15) is 18.3 Å². The molecule has 7 nitrogen and oxygen atoms in total. The predicted octanol–water partition coefficient (Wildman–Crippen LogP) is -2.45. The second-order valence-electron chi connectivity index (χ2n) is 5.06. The number of carbonyl (C=O) groups is 1. The van der Waals surface area contributed by atoms with E-state index >= 15 is 0 Å². The number of likely N-dealkylation sites (N-methyl/N-ethyl adjacent to an activating group) is 1. The van der Waals surface area contributed by atoms with Crippen molar-refractivity contribution in [3.05, 3.63) is 0 Å². The Morgan fingerprint density at radius 3 is 2.79 bits per heavy atom. The van der Waals surface area contributed by atoms with E-state index in [1.165, 1.54) is 0 Å². The average molecular weight is 291 g/mol. The van der Waals surface area contributed by atoms with Crippen molar-refractivity contribution in [2.24, 2.45) is 0 Å².